The first kappa shape index (κ1) is 10.7. The Labute approximate surface area is 99.2 Å². The molecular weight excluding hydrogens is 220 g/mol. The molecule has 92 valence electrons. The van der Waals surface area contributed by atoms with Crippen LogP contribution >= 0.6 is 0 Å². The van der Waals surface area contributed by atoms with Gasteiger partial charge in [-0.3, -0.25) is 4.79 Å². The van der Waals surface area contributed by atoms with Gasteiger partial charge in [0.15, 0.2) is 0 Å². The van der Waals surface area contributed by atoms with Gasteiger partial charge in [-0.2, -0.15) is 4.98 Å². The first-order valence-electron chi connectivity index (χ1n) is 6.18. The number of hydrogen-bond acceptors (Lipinski definition) is 5. The number of hydrogen-bond donors (Lipinski definition) is 2. The molecule has 1 aromatic heterocycles. The lowest BCUT2D eigenvalue weighted by Gasteiger charge is -1.97. The zero-order valence-electron chi connectivity index (χ0n) is 9.61. The van der Waals surface area contributed by atoms with Crippen LogP contribution in [0.25, 0.3) is 0 Å². The van der Waals surface area contributed by atoms with Crippen molar-refractivity contribution in [2.75, 3.05) is 6.54 Å². The second kappa shape index (κ2) is 4.44. The summed E-state index contributed by atoms with van der Waals surface area (Å²) in [5.74, 6) is 0.454. The molecule has 0 aromatic carbocycles. The summed E-state index contributed by atoms with van der Waals surface area (Å²) in [7, 11) is 0. The Morgan fingerprint density at radius 3 is 2.76 bits per heavy atom. The molecule has 0 atom stereocenters. The van der Waals surface area contributed by atoms with Crippen molar-refractivity contribution in [1.82, 2.24) is 20.8 Å². The molecule has 1 aromatic rings. The third-order valence-corrected chi connectivity index (χ3v) is 2.93. The van der Waals surface area contributed by atoms with Gasteiger partial charge in [-0.1, -0.05) is 5.16 Å². The van der Waals surface area contributed by atoms with Crippen LogP contribution in [0, 0.1) is 0 Å². The molecule has 2 aliphatic carbocycles. The number of amides is 1. The predicted molar refractivity (Wildman–Crippen MR) is 59.5 cm³/mol. The molecule has 2 N–H and O–H groups in total. The number of carbonyl (C=O) groups excluding carboxylic acids is 1. The van der Waals surface area contributed by atoms with E-state index in [9.17, 15) is 4.79 Å². The number of carbonyl (C=O) groups is 1. The van der Waals surface area contributed by atoms with Crippen LogP contribution in [0.2, 0.25) is 0 Å². The number of nitrogens with one attached hydrogen (secondary N) is 2. The lowest BCUT2D eigenvalue weighted by atomic mass is 10.4. The summed E-state index contributed by atoms with van der Waals surface area (Å²) < 4.78 is 5.03. The minimum atomic E-state index is -0.224. The predicted octanol–water partition coefficient (Wildman–Crippen LogP) is 0.256. The van der Waals surface area contributed by atoms with Gasteiger partial charge in [-0.05, 0) is 25.7 Å². The van der Waals surface area contributed by atoms with Crippen molar-refractivity contribution < 1.29 is 9.32 Å². The summed E-state index contributed by atoms with van der Waals surface area (Å²) in [6, 6.07) is 0.997. The van der Waals surface area contributed by atoms with Crippen molar-refractivity contribution in [3.05, 3.63) is 11.7 Å². The van der Waals surface area contributed by atoms with Crippen molar-refractivity contribution in [2.45, 2.75) is 44.2 Å². The van der Waals surface area contributed by atoms with E-state index in [4.69, 9.17) is 4.52 Å². The molecule has 0 bridgehead atoms. The minimum Gasteiger partial charge on any atom is -0.346 e. The second-order valence-electron chi connectivity index (χ2n) is 4.74. The molecule has 2 fully saturated rings. The number of aromatic nitrogens is 2. The summed E-state index contributed by atoms with van der Waals surface area (Å²) in [5.41, 5.74) is 0. The fraction of sp³-hybridized carbons (Fsp3) is 0.727. The molecule has 6 heteroatoms. The van der Waals surface area contributed by atoms with E-state index in [1.165, 1.54) is 12.8 Å². The third-order valence-electron chi connectivity index (χ3n) is 2.93. The van der Waals surface area contributed by atoms with Gasteiger partial charge in [0.25, 0.3) is 11.7 Å². The second-order valence-corrected chi connectivity index (χ2v) is 4.74. The molecule has 2 saturated carbocycles. The molecule has 2 aliphatic rings. The monoisotopic (exact) mass is 236 g/mol. The van der Waals surface area contributed by atoms with Gasteiger partial charge in [0.05, 0.1) is 0 Å². The maximum Gasteiger partial charge on any atom is 0.292 e. The summed E-state index contributed by atoms with van der Waals surface area (Å²) in [5, 5.41) is 9.87. The topological polar surface area (TPSA) is 80.0 Å². The molecule has 0 radical (unpaired) electrons. The fourth-order valence-corrected chi connectivity index (χ4v) is 1.60. The quantitative estimate of drug-likeness (QED) is 0.740. The molecule has 3 rings (SSSR count). The highest BCUT2D eigenvalue weighted by Crippen LogP contribution is 2.19. The minimum absolute atomic E-state index is 0.151. The van der Waals surface area contributed by atoms with Gasteiger partial charge in [0.2, 0.25) is 5.89 Å². The number of rotatable bonds is 6. The first-order valence-corrected chi connectivity index (χ1v) is 6.18. The van der Waals surface area contributed by atoms with E-state index >= 15 is 0 Å². The Morgan fingerprint density at radius 2 is 2.06 bits per heavy atom. The molecule has 17 heavy (non-hydrogen) atoms. The van der Waals surface area contributed by atoms with Crippen LogP contribution in [0.5, 0.6) is 0 Å². The molecule has 6 nitrogen and oxygen atoms in total. The first-order chi connectivity index (χ1) is 8.31. The highest BCUT2D eigenvalue weighted by atomic mass is 16.5. The van der Waals surface area contributed by atoms with E-state index in [2.05, 4.69) is 20.8 Å². The largest absolute Gasteiger partial charge is 0.346 e. The summed E-state index contributed by atoms with van der Waals surface area (Å²) in [6.45, 7) is 0.830. The number of nitrogens with zero attached hydrogens (tertiary/aromatic N) is 2. The van der Waals surface area contributed by atoms with Crippen LogP contribution < -0.4 is 10.6 Å². The fourth-order valence-electron chi connectivity index (χ4n) is 1.60. The maximum atomic E-state index is 11.6. The van der Waals surface area contributed by atoms with Crippen molar-refractivity contribution in [1.29, 1.82) is 0 Å². The Bertz CT molecular complexity index is 409. The van der Waals surface area contributed by atoms with Gasteiger partial charge >= 0.3 is 0 Å². The van der Waals surface area contributed by atoms with E-state index in [1.807, 2.05) is 0 Å². The Hall–Kier alpha value is -1.43. The van der Waals surface area contributed by atoms with Crippen LogP contribution in [0.15, 0.2) is 4.52 Å². The summed E-state index contributed by atoms with van der Waals surface area (Å²) in [4.78, 5) is 15.7. The average molecular weight is 236 g/mol. The van der Waals surface area contributed by atoms with Crippen molar-refractivity contribution in [3.8, 4) is 0 Å². The SMILES string of the molecule is O=C(NC1CC1)c1noc(CCNC2CC2)n1. The molecule has 0 saturated heterocycles. The van der Waals surface area contributed by atoms with E-state index in [0.29, 0.717) is 24.4 Å². The highest BCUT2D eigenvalue weighted by molar-refractivity contribution is 5.90. The lowest BCUT2D eigenvalue weighted by Crippen LogP contribution is -2.26. The molecule has 0 aliphatic heterocycles. The Morgan fingerprint density at radius 1 is 1.29 bits per heavy atom. The molecule has 0 unspecified atom stereocenters. The average Bonchev–Trinajstić information content (AvgIpc) is 3.22. The summed E-state index contributed by atoms with van der Waals surface area (Å²) >= 11 is 0. The highest BCUT2D eigenvalue weighted by Gasteiger charge is 2.26. The lowest BCUT2D eigenvalue weighted by molar-refractivity contribution is 0.0937. The van der Waals surface area contributed by atoms with Crippen LogP contribution in [-0.2, 0) is 6.42 Å². The smallest absolute Gasteiger partial charge is 0.292 e. The van der Waals surface area contributed by atoms with E-state index in [0.717, 1.165) is 19.4 Å². The zero-order valence-corrected chi connectivity index (χ0v) is 9.61. The van der Waals surface area contributed by atoms with Crippen LogP contribution in [0.4, 0.5) is 0 Å². The van der Waals surface area contributed by atoms with Gasteiger partial charge in [-0.25, -0.2) is 0 Å². The molecule has 1 amide bonds. The molecule has 0 spiro atoms. The van der Waals surface area contributed by atoms with E-state index in [-0.39, 0.29) is 11.7 Å². The third kappa shape index (κ3) is 3.03. The van der Waals surface area contributed by atoms with Gasteiger partial charge < -0.3 is 15.2 Å². The van der Waals surface area contributed by atoms with Gasteiger partial charge in [-0.15, -0.1) is 0 Å². The van der Waals surface area contributed by atoms with E-state index in [1.54, 1.807) is 0 Å². The molecular formula is C11H16N4O2. The van der Waals surface area contributed by atoms with Crippen molar-refractivity contribution in [3.63, 3.8) is 0 Å². The zero-order chi connectivity index (χ0) is 11.7. The Balaban J connectivity index is 1.47. The van der Waals surface area contributed by atoms with Crippen LogP contribution in [0.3, 0.4) is 0 Å². The van der Waals surface area contributed by atoms with Gasteiger partial charge in [0, 0.05) is 25.0 Å². The van der Waals surface area contributed by atoms with Crippen molar-refractivity contribution in [2.24, 2.45) is 0 Å². The Kier molecular flexibility index (Phi) is 2.80. The van der Waals surface area contributed by atoms with Crippen molar-refractivity contribution >= 4 is 5.91 Å². The van der Waals surface area contributed by atoms with Crippen LogP contribution in [-0.4, -0.2) is 34.7 Å². The van der Waals surface area contributed by atoms with Gasteiger partial charge in [0.1, 0.15) is 0 Å². The maximum absolute atomic E-state index is 11.6. The standard InChI is InChI=1S/C11H16N4O2/c16-11(13-8-3-4-8)10-14-9(17-15-10)5-6-12-7-1-2-7/h7-8,12H,1-6H2,(H,13,16). The summed E-state index contributed by atoms with van der Waals surface area (Å²) in [6.07, 6.45) is 5.32. The molecule has 1 heterocycles. The normalized spacial score (nSPS) is 19.3. The van der Waals surface area contributed by atoms with E-state index < -0.39 is 0 Å². The van der Waals surface area contributed by atoms with Crippen LogP contribution in [0.1, 0.15) is 42.2 Å².